The summed E-state index contributed by atoms with van der Waals surface area (Å²) in [7, 11) is 0. The van der Waals surface area contributed by atoms with Gasteiger partial charge in [0.2, 0.25) is 0 Å². The van der Waals surface area contributed by atoms with Crippen LogP contribution < -0.4 is 10.1 Å². The molecular weight excluding hydrogens is 279 g/mol. The van der Waals surface area contributed by atoms with E-state index >= 15 is 0 Å². The van der Waals surface area contributed by atoms with Gasteiger partial charge < -0.3 is 10.1 Å². The van der Waals surface area contributed by atoms with E-state index in [1.807, 2.05) is 6.07 Å². The lowest BCUT2D eigenvalue weighted by atomic mass is 9.84. The van der Waals surface area contributed by atoms with Gasteiger partial charge in [-0.1, -0.05) is 25.5 Å². The van der Waals surface area contributed by atoms with E-state index in [0.717, 1.165) is 24.3 Å². The number of ether oxygens (including phenoxy) is 1. The Morgan fingerprint density at radius 2 is 1.90 bits per heavy atom. The number of rotatable bonds is 5. The molecule has 0 bridgehead atoms. The second kappa shape index (κ2) is 7.16. The van der Waals surface area contributed by atoms with E-state index < -0.39 is 6.36 Å². The maximum absolute atomic E-state index is 12.2. The summed E-state index contributed by atoms with van der Waals surface area (Å²) in [6, 6.07) is 6.64. The molecule has 0 unspecified atom stereocenters. The maximum Gasteiger partial charge on any atom is 0.573 e. The third-order valence-electron chi connectivity index (χ3n) is 4.15. The lowest BCUT2D eigenvalue weighted by Crippen LogP contribution is -2.32. The van der Waals surface area contributed by atoms with Gasteiger partial charge in [-0.05, 0) is 49.3 Å². The van der Waals surface area contributed by atoms with Gasteiger partial charge in [-0.15, -0.1) is 13.2 Å². The molecule has 0 saturated heterocycles. The van der Waals surface area contributed by atoms with Gasteiger partial charge in [-0.3, -0.25) is 0 Å². The molecule has 1 fully saturated rings. The number of hydrogen-bond acceptors (Lipinski definition) is 2. The van der Waals surface area contributed by atoms with Crippen molar-refractivity contribution in [2.24, 2.45) is 5.92 Å². The topological polar surface area (TPSA) is 21.3 Å². The molecule has 0 atom stereocenters. The largest absolute Gasteiger partial charge is 0.573 e. The van der Waals surface area contributed by atoms with Crippen molar-refractivity contribution in [3.8, 4) is 5.75 Å². The molecule has 118 valence electrons. The van der Waals surface area contributed by atoms with Crippen LogP contribution in [0.2, 0.25) is 0 Å². The van der Waals surface area contributed by atoms with Crippen LogP contribution in [0.25, 0.3) is 0 Å². The monoisotopic (exact) mass is 301 g/mol. The highest BCUT2D eigenvalue weighted by atomic mass is 19.4. The molecule has 0 amide bonds. The maximum atomic E-state index is 12.2. The van der Waals surface area contributed by atoms with Gasteiger partial charge in [-0.2, -0.15) is 0 Å². The van der Waals surface area contributed by atoms with Crippen molar-refractivity contribution in [2.45, 2.75) is 58.0 Å². The normalized spacial score (nSPS) is 23.0. The van der Waals surface area contributed by atoms with E-state index in [1.165, 1.54) is 31.4 Å². The average Bonchev–Trinajstić information content (AvgIpc) is 2.44. The molecule has 0 heterocycles. The van der Waals surface area contributed by atoms with Crippen LogP contribution in [0.5, 0.6) is 5.75 Å². The number of hydrogen-bond donors (Lipinski definition) is 1. The lowest BCUT2D eigenvalue weighted by Gasteiger charge is -2.28. The molecule has 0 aliphatic heterocycles. The van der Waals surface area contributed by atoms with Crippen LogP contribution in [-0.2, 0) is 6.54 Å². The highest BCUT2D eigenvalue weighted by Crippen LogP contribution is 2.27. The first-order chi connectivity index (χ1) is 9.96. The van der Waals surface area contributed by atoms with Gasteiger partial charge in [0, 0.05) is 12.6 Å². The molecule has 0 aromatic heterocycles. The fourth-order valence-electron chi connectivity index (χ4n) is 2.89. The Bertz CT molecular complexity index is 439. The molecule has 1 aromatic rings. The third kappa shape index (κ3) is 5.58. The van der Waals surface area contributed by atoms with Crippen molar-refractivity contribution in [2.75, 3.05) is 0 Å². The minimum absolute atomic E-state index is 0.156. The summed E-state index contributed by atoms with van der Waals surface area (Å²) in [5, 5.41) is 3.44. The molecule has 0 radical (unpaired) electrons. The molecule has 21 heavy (non-hydrogen) atoms. The summed E-state index contributed by atoms with van der Waals surface area (Å²) < 4.78 is 40.5. The van der Waals surface area contributed by atoms with Crippen molar-refractivity contribution in [3.63, 3.8) is 0 Å². The summed E-state index contributed by atoms with van der Waals surface area (Å²) in [6.07, 6.45) is 1.39. The average molecular weight is 301 g/mol. The smallest absolute Gasteiger partial charge is 0.406 e. The van der Waals surface area contributed by atoms with Gasteiger partial charge in [-0.25, -0.2) is 0 Å². The predicted octanol–water partition coefficient (Wildman–Crippen LogP) is 4.64. The molecule has 1 N–H and O–H groups in total. The van der Waals surface area contributed by atoms with Crippen LogP contribution >= 0.6 is 0 Å². The highest BCUT2D eigenvalue weighted by Gasteiger charge is 2.31. The lowest BCUT2D eigenvalue weighted by molar-refractivity contribution is -0.274. The van der Waals surface area contributed by atoms with Crippen LogP contribution in [0.1, 0.15) is 44.6 Å². The fourth-order valence-corrected chi connectivity index (χ4v) is 2.89. The molecule has 1 saturated carbocycles. The molecule has 2 rings (SSSR count). The van der Waals surface area contributed by atoms with Gasteiger partial charge in [0.1, 0.15) is 5.75 Å². The van der Waals surface area contributed by atoms with Crippen LogP contribution in [0, 0.1) is 5.92 Å². The minimum atomic E-state index is -4.63. The Morgan fingerprint density at radius 3 is 2.52 bits per heavy atom. The first-order valence-corrected chi connectivity index (χ1v) is 7.54. The van der Waals surface area contributed by atoms with Crippen molar-refractivity contribution < 1.29 is 17.9 Å². The molecular formula is C16H22F3NO. The van der Waals surface area contributed by atoms with Crippen molar-refractivity contribution in [3.05, 3.63) is 29.8 Å². The second-order valence-electron chi connectivity index (χ2n) is 5.70. The Hall–Kier alpha value is -1.23. The molecule has 0 spiro atoms. The molecule has 2 nitrogen and oxygen atoms in total. The van der Waals surface area contributed by atoms with Gasteiger partial charge in [0.05, 0.1) is 0 Å². The predicted molar refractivity (Wildman–Crippen MR) is 76.0 cm³/mol. The quantitative estimate of drug-likeness (QED) is 0.855. The van der Waals surface area contributed by atoms with E-state index in [0.29, 0.717) is 12.6 Å². The van der Waals surface area contributed by atoms with E-state index in [-0.39, 0.29) is 5.75 Å². The van der Waals surface area contributed by atoms with Crippen molar-refractivity contribution in [1.82, 2.24) is 5.32 Å². The molecule has 1 aliphatic carbocycles. The highest BCUT2D eigenvalue weighted by molar-refractivity contribution is 5.28. The van der Waals surface area contributed by atoms with Crippen molar-refractivity contribution >= 4 is 0 Å². The number of halogens is 3. The van der Waals surface area contributed by atoms with E-state index in [2.05, 4.69) is 17.0 Å². The standard InChI is InChI=1S/C16H22F3NO/c1-2-12-6-8-14(9-7-12)20-11-13-4-3-5-15(10-13)21-16(17,18)19/h3-5,10,12,14,20H,2,6-9,11H2,1H3. The summed E-state index contributed by atoms with van der Waals surface area (Å²) in [5.41, 5.74) is 0.814. The molecule has 1 aliphatic rings. The molecule has 5 heteroatoms. The van der Waals surface area contributed by atoms with Gasteiger partial charge in [0.15, 0.2) is 0 Å². The zero-order chi connectivity index (χ0) is 15.3. The Balaban J connectivity index is 1.82. The van der Waals surface area contributed by atoms with Crippen LogP contribution in [0.15, 0.2) is 24.3 Å². The Morgan fingerprint density at radius 1 is 1.19 bits per heavy atom. The van der Waals surface area contributed by atoms with E-state index in [1.54, 1.807) is 6.07 Å². The Kier molecular flexibility index (Phi) is 5.51. The summed E-state index contributed by atoms with van der Waals surface area (Å²) in [5.74, 6) is 0.683. The van der Waals surface area contributed by atoms with Crippen LogP contribution in [0.4, 0.5) is 13.2 Å². The first-order valence-electron chi connectivity index (χ1n) is 7.54. The summed E-state index contributed by atoms with van der Waals surface area (Å²) in [4.78, 5) is 0. The van der Waals surface area contributed by atoms with E-state index in [4.69, 9.17) is 0 Å². The minimum Gasteiger partial charge on any atom is -0.406 e. The van der Waals surface area contributed by atoms with E-state index in [9.17, 15) is 13.2 Å². The van der Waals surface area contributed by atoms with Gasteiger partial charge >= 0.3 is 6.36 Å². The molecule has 1 aromatic carbocycles. The van der Waals surface area contributed by atoms with Gasteiger partial charge in [0.25, 0.3) is 0 Å². The van der Waals surface area contributed by atoms with Crippen LogP contribution in [-0.4, -0.2) is 12.4 Å². The number of nitrogens with one attached hydrogen (secondary N) is 1. The summed E-state index contributed by atoms with van der Waals surface area (Å²) in [6.45, 7) is 2.81. The fraction of sp³-hybridized carbons (Fsp3) is 0.625. The SMILES string of the molecule is CCC1CCC(NCc2cccc(OC(F)(F)F)c2)CC1. The zero-order valence-electron chi connectivity index (χ0n) is 12.2. The second-order valence-corrected chi connectivity index (χ2v) is 5.70. The number of alkyl halides is 3. The Labute approximate surface area is 123 Å². The third-order valence-corrected chi connectivity index (χ3v) is 4.15. The number of benzene rings is 1. The zero-order valence-corrected chi connectivity index (χ0v) is 12.2. The summed E-state index contributed by atoms with van der Waals surface area (Å²) >= 11 is 0. The van der Waals surface area contributed by atoms with Crippen molar-refractivity contribution in [1.29, 1.82) is 0 Å². The first kappa shape index (κ1) is 16.1. The van der Waals surface area contributed by atoms with Crippen LogP contribution in [0.3, 0.4) is 0 Å².